The molecule has 1 aromatic rings. The topological polar surface area (TPSA) is 18.5 Å². The number of hydrogen-bond donors (Lipinski definition) is 0. The molecule has 2 nitrogen and oxygen atoms in total. The first kappa shape index (κ1) is 16.1. The summed E-state index contributed by atoms with van der Waals surface area (Å²) >= 11 is 5.54. The Bertz CT molecular complexity index is 394. The molecule has 0 saturated carbocycles. The Kier molecular flexibility index (Phi) is 6.45. The van der Waals surface area contributed by atoms with Gasteiger partial charge in [-0.2, -0.15) is 13.2 Å². The summed E-state index contributed by atoms with van der Waals surface area (Å²) < 4.78 is 48.6. The van der Waals surface area contributed by atoms with Gasteiger partial charge in [0.2, 0.25) is 0 Å². The molecule has 0 aliphatic rings. The lowest BCUT2D eigenvalue weighted by Crippen LogP contribution is -2.10. The van der Waals surface area contributed by atoms with Crippen LogP contribution in [0.25, 0.3) is 0 Å². The molecule has 19 heavy (non-hydrogen) atoms. The van der Waals surface area contributed by atoms with Gasteiger partial charge in [-0.25, -0.2) is 0 Å². The first-order valence-corrected chi connectivity index (χ1v) is 6.40. The average Bonchev–Trinajstić information content (AvgIpc) is 2.37. The van der Waals surface area contributed by atoms with Crippen LogP contribution in [0.15, 0.2) is 18.2 Å². The lowest BCUT2D eigenvalue weighted by molar-refractivity contribution is -0.139. The summed E-state index contributed by atoms with van der Waals surface area (Å²) in [7, 11) is 1.58. The lowest BCUT2D eigenvalue weighted by atomic mass is 10.1. The maximum Gasteiger partial charge on any atom is 0.419 e. The molecule has 0 unspecified atom stereocenters. The fraction of sp³-hybridized carbons (Fsp3) is 0.538. The van der Waals surface area contributed by atoms with E-state index >= 15 is 0 Å². The molecule has 0 aliphatic carbocycles. The minimum atomic E-state index is -4.44. The van der Waals surface area contributed by atoms with E-state index in [1.54, 1.807) is 7.11 Å². The molecular weight excluding hydrogens is 281 g/mol. The van der Waals surface area contributed by atoms with Gasteiger partial charge in [-0.1, -0.05) is 6.07 Å². The molecule has 0 aliphatic heterocycles. The van der Waals surface area contributed by atoms with Crippen molar-refractivity contribution in [1.82, 2.24) is 0 Å². The van der Waals surface area contributed by atoms with E-state index in [0.29, 0.717) is 18.6 Å². The Morgan fingerprint density at radius 2 is 1.84 bits per heavy atom. The highest BCUT2D eigenvalue weighted by atomic mass is 35.5. The van der Waals surface area contributed by atoms with Gasteiger partial charge in [-0.15, -0.1) is 11.6 Å². The zero-order valence-corrected chi connectivity index (χ0v) is 11.4. The summed E-state index contributed by atoms with van der Waals surface area (Å²) in [5.74, 6) is -0.115. The SMILES string of the molecule is COCCCCOc1ccc(CCl)cc1C(F)(F)F. The van der Waals surface area contributed by atoms with Gasteiger partial charge in [-0.3, -0.25) is 0 Å². The smallest absolute Gasteiger partial charge is 0.419 e. The second-order valence-electron chi connectivity index (χ2n) is 4.01. The minimum absolute atomic E-state index is 0.0389. The number of halogens is 4. The van der Waals surface area contributed by atoms with Crippen molar-refractivity contribution in [3.8, 4) is 5.75 Å². The van der Waals surface area contributed by atoms with Crippen LogP contribution < -0.4 is 4.74 Å². The third-order valence-corrected chi connectivity index (χ3v) is 2.81. The number of ether oxygens (including phenoxy) is 2. The summed E-state index contributed by atoms with van der Waals surface area (Å²) in [5.41, 5.74) is -0.363. The van der Waals surface area contributed by atoms with Gasteiger partial charge < -0.3 is 9.47 Å². The molecule has 108 valence electrons. The second kappa shape index (κ2) is 7.60. The van der Waals surface area contributed by atoms with Crippen molar-refractivity contribution in [2.24, 2.45) is 0 Å². The standard InChI is InChI=1S/C13H16ClF3O2/c1-18-6-2-3-7-19-12-5-4-10(9-14)8-11(12)13(15,16)17/h4-5,8H,2-3,6-7,9H2,1H3. The average molecular weight is 297 g/mol. The van der Waals surface area contributed by atoms with Crippen LogP contribution in [0.1, 0.15) is 24.0 Å². The van der Waals surface area contributed by atoms with E-state index in [1.165, 1.54) is 12.1 Å². The lowest BCUT2D eigenvalue weighted by Gasteiger charge is -2.15. The van der Waals surface area contributed by atoms with E-state index in [-0.39, 0.29) is 18.2 Å². The number of alkyl halides is 4. The number of hydrogen-bond acceptors (Lipinski definition) is 2. The van der Waals surface area contributed by atoms with Crippen LogP contribution in [-0.4, -0.2) is 20.3 Å². The fourth-order valence-electron chi connectivity index (χ4n) is 1.54. The molecule has 0 heterocycles. The Balaban J connectivity index is 2.71. The molecular formula is C13H16ClF3O2. The number of rotatable bonds is 7. The van der Waals surface area contributed by atoms with E-state index in [9.17, 15) is 13.2 Å². The number of methoxy groups -OCH3 is 1. The molecule has 1 rings (SSSR count). The summed E-state index contributed by atoms with van der Waals surface area (Å²) in [4.78, 5) is 0. The van der Waals surface area contributed by atoms with E-state index < -0.39 is 11.7 Å². The predicted molar refractivity (Wildman–Crippen MR) is 67.6 cm³/mol. The van der Waals surface area contributed by atoms with Gasteiger partial charge in [0.1, 0.15) is 5.75 Å². The van der Waals surface area contributed by atoms with Crippen LogP contribution in [0, 0.1) is 0 Å². The van der Waals surface area contributed by atoms with Crippen LogP contribution in [-0.2, 0) is 16.8 Å². The summed E-state index contributed by atoms with van der Waals surface area (Å²) in [6, 6.07) is 3.88. The maximum atomic E-state index is 12.9. The Labute approximate surface area is 115 Å². The van der Waals surface area contributed by atoms with E-state index in [2.05, 4.69) is 0 Å². The van der Waals surface area contributed by atoms with Crippen LogP contribution in [0.4, 0.5) is 13.2 Å². The van der Waals surface area contributed by atoms with Crippen molar-refractivity contribution in [3.05, 3.63) is 29.3 Å². The van der Waals surface area contributed by atoms with Crippen LogP contribution in [0.5, 0.6) is 5.75 Å². The van der Waals surface area contributed by atoms with Gasteiger partial charge in [-0.05, 0) is 30.5 Å². The van der Waals surface area contributed by atoms with Crippen molar-refractivity contribution >= 4 is 11.6 Å². The zero-order chi connectivity index (χ0) is 14.3. The molecule has 1 aromatic carbocycles. The molecule has 0 radical (unpaired) electrons. The summed E-state index contributed by atoms with van der Waals surface area (Å²) in [6.45, 7) is 0.799. The van der Waals surface area contributed by atoms with E-state index in [0.717, 1.165) is 12.5 Å². The third-order valence-electron chi connectivity index (χ3n) is 2.50. The molecule has 0 bridgehead atoms. The van der Waals surface area contributed by atoms with E-state index in [1.807, 2.05) is 0 Å². The van der Waals surface area contributed by atoms with Crippen molar-refractivity contribution < 1.29 is 22.6 Å². The third kappa shape index (κ3) is 5.28. The molecule has 0 spiro atoms. The molecule has 6 heteroatoms. The van der Waals surface area contributed by atoms with Crippen molar-refractivity contribution in [1.29, 1.82) is 0 Å². The van der Waals surface area contributed by atoms with Gasteiger partial charge in [0, 0.05) is 19.6 Å². The molecule has 0 saturated heterocycles. The van der Waals surface area contributed by atoms with Gasteiger partial charge in [0.25, 0.3) is 0 Å². The first-order valence-electron chi connectivity index (χ1n) is 5.87. The Morgan fingerprint density at radius 1 is 1.16 bits per heavy atom. The highest BCUT2D eigenvalue weighted by Gasteiger charge is 2.34. The molecule has 0 fully saturated rings. The predicted octanol–water partition coefficient (Wildman–Crippen LogP) is 4.25. The largest absolute Gasteiger partial charge is 0.493 e. The Morgan fingerprint density at radius 3 is 2.42 bits per heavy atom. The van der Waals surface area contributed by atoms with Gasteiger partial charge in [0.15, 0.2) is 0 Å². The first-order chi connectivity index (χ1) is 8.99. The van der Waals surface area contributed by atoms with E-state index in [4.69, 9.17) is 21.1 Å². The minimum Gasteiger partial charge on any atom is -0.493 e. The second-order valence-corrected chi connectivity index (χ2v) is 4.28. The van der Waals surface area contributed by atoms with Gasteiger partial charge >= 0.3 is 6.18 Å². The number of benzene rings is 1. The molecule has 0 N–H and O–H groups in total. The summed E-state index contributed by atoms with van der Waals surface area (Å²) in [5, 5.41) is 0. The maximum absolute atomic E-state index is 12.9. The molecule has 0 amide bonds. The van der Waals surface area contributed by atoms with Crippen molar-refractivity contribution in [2.75, 3.05) is 20.3 Å². The van der Waals surface area contributed by atoms with Crippen molar-refractivity contribution in [2.45, 2.75) is 24.9 Å². The van der Waals surface area contributed by atoms with Gasteiger partial charge in [0.05, 0.1) is 12.2 Å². The molecule has 0 aromatic heterocycles. The Hall–Kier alpha value is -0.940. The number of unbranched alkanes of at least 4 members (excludes halogenated alkanes) is 1. The summed E-state index contributed by atoms with van der Waals surface area (Å²) in [6.07, 6.45) is -3.05. The highest BCUT2D eigenvalue weighted by molar-refractivity contribution is 6.17. The quantitative estimate of drug-likeness (QED) is 0.553. The van der Waals surface area contributed by atoms with Crippen LogP contribution >= 0.6 is 11.6 Å². The van der Waals surface area contributed by atoms with Crippen LogP contribution in [0.2, 0.25) is 0 Å². The normalized spacial score (nSPS) is 11.6. The zero-order valence-electron chi connectivity index (χ0n) is 10.6. The monoisotopic (exact) mass is 296 g/mol. The van der Waals surface area contributed by atoms with Crippen molar-refractivity contribution in [3.63, 3.8) is 0 Å². The fourth-order valence-corrected chi connectivity index (χ4v) is 1.70. The van der Waals surface area contributed by atoms with Crippen LogP contribution in [0.3, 0.4) is 0 Å². The highest BCUT2D eigenvalue weighted by Crippen LogP contribution is 2.37. The molecule has 0 atom stereocenters.